The predicted molar refractivity (Wildman–Crippen MR) is 115 cm³/mol. The van der Waals surface area contributed by atoms with E-state index in [1.807, 2.05) is 6.08 Å². The molecule has 0 unspecified atom stereocenters. The van der Waals surface area contributed by atoms with Gasteiger partial charge in [-0.2, -0.15) is 0 Å². The van der Waals surface area contributed by atoms with Crippen LogP contribution in [0.15, 0.2) is 24.3 Å². The number of carboxylic acid groups (broad SMARTS) is 1. The van der Waals surface area contributed by atoms with E-state index in [0.717, 1.165) is 6.42 Å². The molecule has 26 heavy (non-hydrogen) atoms. The minimum Gasteiger partial charge on any atom is -0.481 e. The maximum Gasteiger partial charge on any atom is 0.303 e. The van der Waals surface area contributed by atoms with Crippen molar-refractivity contribution in [2.45, 2.75) is 122 Å². The summed E-state index contributed by atoms with van der Waals surface area (Å²) in [4.78, 5) is 10.4. The van der Waals surface area contributed by atoms with Crippen LogP contribution < -0.4 is 0 Å². The Morgan fingerprint density at radius 2 is 0.923 bits per heavy atom. The Morgan fingerprint density at radius 1 is 0.577 bits per heavy atom. The molecule has 0 heterocycles. The first kappa shape index (κ1) is 24.9. The molecule has 0 aromatic carbocycles. The summed E-state index contributed by atoms with van der Waals surface area (Å²) in [5, 5.41) is 8.53. The first-order chi connectivity index (χ1) is 12.8. The topological polar surface area (TPSA) is 37.3 Å². The van der Waals surface area contributed by atoms with E-state index in [9.17, 15) is 4.79 Å². The van der Waals surface area contributed by atoms with Crippen molar-refractivity contribution < 1.29 is 9.90 Å². The predicted octanol–water partition coefficient (Wildman–Crippen LogP) is 8.23. The lowest BCUT2D eigenvalue weighted by molar-refractivity contribution is -0.136. The van der Waals surface area contributed by atoms with Gasteiger partial charge in [0.1, 0.15) is 0 Å². The third kappa shape index (κ3) is 22.9. The number of aliphatic carboxylic acids is 1. The summed E-state index contributed by atoms with van der Waals surface area (Å²) in [7, 11) is 0. The lowest BCUT2D eigenvalue weighted by Gasteiger charge is -2.00. The minimum absolute atomic E-state index is 0.254. The Hall–Kier alpha value is -1.05. The second kappa shape index (κ2) is 22.0. The Kier molecular flexibility index (Phi) is 21.1. The van der Waals surface area contributed by atoms with Crippen LogP contribution in [0, 0.1) is 0 Å². The van der Waals surface area contributed by atoms with Gasteiger partial charge in [0.25, 0.3) is 0 Å². The number of hydrogen-bond acceptors (Lipinski definition) is 1. The van der Waals surface area contributed by atoms with Crippen LogP contribution in [0.2, 0.25) is 0 Å². The summed E-state index contributed by atoms with van der Waals surface area (Å²) < 4.78 is 0. The maximum atomic E-state index is 10.4. The molecule has 0 aromatic rings. The van der Waals surface area contributed by atoms with Gasteiger partial charge in [0.05, 0.1) is 0 Å². The fraction of sp³-hybridized carbons (Fsp3) is 0.792. The van der Waals surface area contributed by atoms with E-state index in [4.69, 9.17) is 5.11 Å². The lowest BCUT2D eigenvalue weighted by atomic mass is 10.1. The molecular formula is C24H44O2. The minimum atomic E-state index is -0.706. The van der Waals surface area contributed by atoms with Gasteiger partial charge in [-0.05, 0) is 44.9 Å². The monoisotopic (exact) mass is 364 g/mol. The van der Waals surface area contributed by atoms with Gasteiger partial charge in [-0.1, -0.05) is 95.4 Å². The van der Waals surface area contributed by atoms with Crippen LogP contribution in [0.3, 0.4) is 0 Å². The zero-order valence-corrected chi connectivity index (χ0v) is 17.4. The largest absolute Gasteiger partial charge is 0.481 e. The Bertz CT molecular complexity index is 344. The average molecular weight is 365 g/mol. The van der Waals surface area contributed by atoms with Gasteiger partial charge in [0.15, 0.2) is 0 Å². The number of allylic oxidation sites excluding steroid dienone is 4. The van der Waals surface area contributed by atoms with Crippen molar-refractivity contribution >= 4 is 5.97 Å². The van der Waals surface area contributed by atoms with Gasteiger partial charge in [0, 0.05) is 6.42 Å². The van der Waals surface area contributed by atoms with Crippen molar-refractivity contribution in [3.63, 3.8) is 0 Å². The standard InChI is InChI=1S/C24H44O2/c1-2-3-4-5-6-7-8-9-10-11-12-13-14-15-16-17-18-19-20-21-22-23-24(25)26/h10-11,20-21H,2-9,12-19,22-23H2,1H3,(H,25,26)/b11-10+,21-20+. The maximum absolute atomic E-state index is 10.4. The van der Waals surface area contributed by atoms with Crippen molar-refractivity contribution in [1.29, 1.82) is 0 Å². The summed E-state index contributed by atoms with van der Waals surface area (Å²) >= 11 is 0. The molecule has 0 bridgehead atoms. The molecule has 0 saturated carbocycles. The van der Waals surface area contributed by atoms with Crippen LogP contribution in [-0.2, 0) is 4.79 Å². The highest BCUT2D eigenvalue weighted by molar-refractivity contribution is 5.66. The van der Waals surface area contributed by atoms with E-state index < -0.39 is 5.97 Å². The second-order valence-corrected chi connectivity index (χ2v) is 7.48. The van der Waals surface area contributed by atoms with E-state index in [2.05, 4.69) is 25.2 Å². The molecule has 0 aliphatic rings. The molecule has 0 aromatic heterocycles. The van der Waals surface area contributed by atoms with E-state index >= 15 is 0 Å². The molecule has 0 radical (unpaired) electrons. The van der Waals surface area contributed by atoms with Crippen molar-refractivity contribution in [1.82, 2.24) is 0 Å². The lowest BCUT2D eigenvalue weighted by Crippen LogP contribution is -1.91. The second-order valence-electron chi connectivity index (χ2n) is 7.48. The van der Waals surface area contributed by atoms with Gasteiger partial charge in [-0.15, -0.1) is 0 Å². The Morgan fingerprint density at radius 3 is 1.31 bits per heavy atom. The van der Waals surface area contributed by atoms with Crippen molar-refractivity contribution in [2.24, 2.45) is 0 Å². The van der Waals surface area contributed by atoms with Gasteiger partial charge in [0.2, 0.25) is 0 Å². The smallest absolute Gasteiger partial charge is 0.303 e. The molecule has 0 fully saturated rings. The number of unbranched alkanes of at least 4 members (excludes halogenated alkanes) is 14. The summed E-state index contributed by atoms with van der Waals surface area (Å²) in [5.41, 5.74) is 0. The van der Waals surface area contributed by atoms with Gasteiger partial charge in [-0.25, -0.2) is 0 Å². The molecule has 0 aliphatic carbocycles. The van der Waals surface area contributed by atoms with Crippen LogP contribution in [0.1, 0.15) is 122 Å². The van der Waals surface area contributed by atoms with Crippen LogP contribution in [-0.4, -0.2) is 11.1 Å². The third-order valence-electron chi connectivity index (χ3n) is 4.82. The number of hydrogen-bond donors (Lipinski definition) is 1. The van der Waals surface area contributed by atoms with Gasteiger partial charge in [-0.3, -0.25) is 4.79 Å². The summed E-state index contributed by atoms with van der Waals surface area (Å²) in [6.45, 7) is 2.28. The quantitative estimate of drug-likeness (QED) is 0.174. The highest BCUT2D eigenvalue weighted by Crippen LogP contribution is 2.11. The van der Waals surface area contributed by atoms with Gasteiger partial charge >= 0.3 is 5.97 Å². The highest BCUT2D eigenvalue weighted by atomic mass is 16.4. The molecule has 2 heteroatoms. The van der Waals surface area contributed by atoms with E-state index in [1.54, 1.807) is 0 Å². The average Bonchev–Trinajstić information content (AvgIpc) is 2.62. The van der Waals surface area contributed by atoms with Crippen molar-refractivity contribution in [3.8, 4) is 0 Å². The number of carbonyl (C=O) groups is 1. The molecule has 0 atom stereocenters. The molecule has 0 aliphatic heterocycles. The molecule has 0 spiro atoms. The third-order valence-corrected chi connectivity index (χ3v) is 4.82. The van der Waals surface area contributed by atoms with Crippen LogP contribution in [0.5, 0.6) is 0 Å². The number of carboxylic acids is 1. The fourth-order valence-corrected chi connectivity index (χ4v) is 3.13. The van der Waals surface area contributed by atoms with Crippen LogP contribution >= 0.6 is 0 Å². The SMILES string of the molecule is CCCCCCCCC/C=C/CCCCCCCC/C=C/CCC(=O)O. The zero-order chi connectivity index (χ0) is 19.1. The molecule has 0 amide bonds. The van der Waals surface area contributed by atoms with Crippen LogP contribution in [0.4, 0.5) is 0 Å². The molecule has 152 valence electrons. The van der Waals surface area contributed by atoms with Crippen molar-refractivity contribution in [3.05, 3.63) is 24.3 Å². The Balaban J connectivity index is 3.13. The Labute approximate surface area is 163 Å². The fourth-order valence-electron chi connectivity index (χ4n) is 3.13. The van der Waals surface area contributed by atoms with Crippen LogP contribution in [0.25, 0.3) is 0 Å². The van der Waals surface area contributed by atoms with E-state index in [1.165, 1.54) is 96.3 Å². The van der Waals surface area contributed by atoms with Crippen molar-refractivity contribution in [2.75, 3.05) is 0 Å². The number of rotatable bonds is 20. The summed E-state index contributed by atoms with van der Waals surface area (Å²) in [6.07, 6.45) is 31.2. The molecule has 0 rings (SSSR count). The first-order valence-corrected chi connectivity index (χ1v) is 11.3. The molecule has 2 nitrogen and oxygen atoms in total. The molecule has 0 saturated heterocycles. The van der Waals surface area contributed by atoms with Gasteiger partial charge < -0.3 is 5.11 Å². The summed E-state index contributed by atoms with van der Waals surface area (Å²) in [5.74, 6) is -0.706. The van der Waals surface area contributed by atoms with E-state index in [0.29, 0.717) is 6.42 Å². The summed E-state index contributed by atoms with van der Waals surface area (Å²) in [6, 6.07) is 0. The molecular weight excluding hydrogens is 320 g/mol. The zero-order valence-electron chi connectivity index (χ0n) is 17.4. The highest BCUT2D eigenvalue weighted by Gasteiger charge is 1.93. The molecule has 1 N–H and O–H groups in total. The first-order valence-electron chi connectivity index (χ1n) is 11.3. The van der Waals surface area contributed by atoms with E-state index in [-0.39, 0.29) is 6.42 Å². The normalized spacial score (nSPS) is 11.7.